The molecule has 0 radical (unpaired) electrons. The van der Waals surface area contributed by atoms with Crippen LogP contribution in [0.25, 0.3) is 0 Å². The molecule has 6 heavy (non-hydrogen) atoms. The standard InChI is InChI=1S/C2H4.3ClH.Ru/c1-2;;;;/h1-2H2;3*1H;/q;;;;+3/p-3. The molecule has 0 aromatic heterocycles. The van der Waals surface area contributed by atoms with Gasteiger partial charge >= 0.3 is 42.1 Å². The molecule has 0 N–H and O–H groups in total. The van der Waals surface area contributed by atoms with Crippen LogP contribution >= 0.6 is 29.1 Å². The van der Waals surface area contributed by atoms with Gasteiger partial charge in [-0.05, 0) is 0 Å². The molecule has 0 bridgehead atoms. The molecule has 0 spiro atoms. The quantitative estimate of drug-likeness (QED) is 0.447. The fourth-order valence-corrected chi connectivity index (χ4v) is 0. The van der Waals surface area contributed by atoms with Crippen LogP contribution in [0.3, 0.4) is 0 Å². The predicted molar refractivity (Wildman–Crippen MR) is 28.8 cm³/mol. The number of hydrogen-bond donors (Lipinski definition) is 0. The van der Waals surface area contributed by atoms with Crippen molar-refractivity contribution in [2.45, 2.75) is 0 Å². The molecule has 0 aliphatic carbocycles. The second-order valence-electron chi connectivity index (χ2n) is 0.152. The van der Waals surface area contributed by atoms with Gasteiger partial charge in [0.1, 0.15) is 0 Å². The summed E-state index contributed by atoms with van der Waals surface area (Å²) in [4.78, 5) is 0. The Labute approximate surface area is 55.1 Å². The summed E-state index contributed by atoms with van der Waals surface area (Å²) < 4.78 is 0. The fraction of sp³-hybridized carbons (Fsp3) is 0. The van der Waals surface area contributed by atoms with Crippen molar-refractivity contribution >= 4 is 29.1 Å². The Balaban J connectivity index is 0. The van der Waals surface area contributed by atoms with E-state index in [2.05, 4.69) is 13.2 Å². The van der Waals surface area contributed by atoms with Crippen LogP contribution in [0.5, 0.6) is 0 Å². The van der Waals surface area contributed by atoms with Crippen molar-refractivity contribution in [3.63, 3.8) is 0 Å². The monoisotopic (exact) mass is 235 g/mol. The van der Waals surface area contributed by atoms with E-state index in [1.807, 2.05) is 0 Å². The average molecular weight is 235 g/mol. The van der Waals surface area contributed by atoms with Crippen molar-refractivity contribution < 1.29 is 13.0 Å². The van der Waals surface area contributed by atoms with Crippen molar-refractivity contribution in [1.82, 2.24) is 0 Å². The van der Waals surface area contributed by atoms with Crippen LogP contribution in [0.2, 0.25) is 0 Å². The van der Waals surface area contributed by atoms with E-state index in [0.29, 0.717) is 0 Å². The first kappa shape index (κ1) is 10.3. The molecular weight excluding hydrogens is 231 g/mol. The van der Waals surface area contributed by atoms with E-state index in [9.17, 15) is 0 Å². The van der Waals surface area contributed by atoms with Gasteiger partial charge in [0.05, 0.1) is 0 Å². The van der Waals surface area contributed by atoms with Crippen molar-refractivity contribution in [3.8, 4) is 0 Å². The van der Waals surface area contributed by atoms with E-state index in [-0.39, 0.29) is 0 Å². The van der Waals surface area contributed by atoms with Gasteiger partial charge in [0.15, 0.2) is 0 Å². The zero-order chi connectivity index (χ0) is 5.58. The van der Waals surface area contributed by atoms with Gasteiger partial charge in [-0.2, -0.15) is 0 Å². The number of halogens is 3. The molecule has 0 saturated carbocycles. The molecule has 0 atom stereocenters. The topological polar surface area (TPSA) is 0 Å². The average Bonchev–Trinajstić information content (AvgIpc) is 1.41. The van der Waals surface area contributed by atoms with Crippen LogP contribution in [-0.4, -0.2) is 0 Å². The Bertz CT molecular complexity index is 20.0. The zero-order valence-electron chi connectivity index (χ0n) is 2.90. The molecule has 0 aromatic rings. The minimum atomic E-state index is -1.75. The molecular formula is C2H4Cl3Ru. The third kappa shape index (κ3) is 61.7. The minimum absolute atomic E-state index is 1.75. The third-order valence-corrected chi connectivity index (χ3v) is 0. The maximum absolute atomic E-state index is 4.95. The van der Waals surface area contributed by atoms with Crippen LogP contribution in [0.4, 0.5) is 0 Å². The van der Waals surface area contributed by atoms with E-state index < -0.39 is 13.0 Å². The van der Waals surface area contributed by atoms with Crippen LogP contribution in [0.1, 0.15) is 0 Å². The van der Waals surface area contributed by atoms with E-state index in [0.717, 1.165) is 0 Å². The molecule has 0 heterocycles. The summed E-state index contributed by atoms with van der Waals surface area (Å²) in [6.45, 7) is 6.00. The van der Waals surface area contributed by atoms with Gasteiger partial charge in [0.25, 0.3) is 0 Å². The molecule has 0 fully saturated rings. The first-order valence-electron chi connectivity index (χ1n) is 0.901. The summed E-state index contributed by atoms with van der Waals surface area (Å²) >= 11 is -1.75. The number of rotatable bonds is 0. The van der Waals surface area contributed by atoms with E-state index in [1.165, 1.54) is 0 Å². The van der Waals surface area contributed by atoms with Gasteiger partial charge in [-0.3, -0.25) is 0 Å². The summed E-state index contributed by atoms with van der Waals surface area (Å²) in [6, 6.07) is 0. The van der Waals surface area contributed by atoms with Crippen molar-refractivity contribution in [1.29, 1.82) is 0 Å². The SMILES string of the molecule is C=C.[Cl][Ru]([Cl])[Cl]. The van der Waals surface area contributed by atoms with Gasteiger partial charge in [-0.15, -0.1) is 13.2 Å². The predicted octanol–water partition coefficient (Wildman–Crippen LogP) is 2.87. The first-order valence-corrected chi connectivity index (χ1v) is 7.62. The third-order valence-electron chi connectivity index (χ3n) is 0. The fourth-order valence-electron chi connectivity index (χ4n) is 0. The Hall–Kier alpha value is 1.23. The molecule has 0 unspecified atom stereocenters. The summed E-state index contributed by atoms with van der Waals surface area (Å²) in [5, 5.41) is 0. The van der Waals surface area contributed by atoms with Gasteiger partial charge in [0.2, 0.25) is 0 Å². The molecule has 0 saturated heterocycles. The second-order valence-corrected chi connectivity index (χ2v) is 8.07. The van der Waals surface area contributed by atoms with E-state index in [4.69, 9.17) is 29.1 Å². The van der Waals surface area contributed by atoms with Gasteiger partial charge in [-0.1, -0.05) is 0 Å². The maximum atomic E-state index is 4.95. The molecule has 41 valence electrons. The van der Waals surface area contributed by atoms with Gasteiger partial charge in [-0.25, -0.2) is 0 Å². The molecule has 0 amide bonds. The second kappa shape index (κ2) is 9.53. The molecule has 0 aromatic carbocycles. The van der Waals surface area contributed by atoms with E-state index >= 15 is 0 Å². The summed E-state index contributed by atoms with van der Waals surface area (Å²) in [7, 11) is 14.8. The normalized spacial score (nSPS) is 8.17. The summed E-state index contributed by atoms with van der Waals surface area (Å²) in [5.74, 6) is 0. The Morgan fingerprint density at radius 3 is 1.00 bits per heavy atom. The molecule has 0 rings (SSSR count). The summed E-state index contributed by atoms with van der Waals surface area (Å²) in [5.41, 5.74) is 0. The Morgan fingerprint density at radius 2 is 1.00 bits per heavy atom. The molecule has 0 aliphatic rings. The number of hydrogen-bond acceptors (Lipinski definition) is 0. The van der Waals surface area contributed by atoms with E-state index in [1.54, 1.807) is 0 Å². The van der Waals surface area contributed by atoms with Crippen LogP contribution in [0, 0.1) is 0 Å². The van der Waals surface area contributed by atoms with Crippen molar-refractivity contribution in [2.24, 2.45) is 0 Å². The first-order chi connectivity index (χ1) is 2.73. The molecule has 0 aliphatic heterocycles. The molecule has 4 heteroatoms. The van der Waals surface area contributed by atoms with Crippen molar-refractivity contribution in [3.05, 3.63) is 13.2 Å². The Morgan fingerprint density at radius 1 is 1.00 bits per heavy atom. The zero-order valence-corrected chi connectivity index (χ0v) is 6.91. The van der Waals surface area contributed by atoms with Gasteiger partial charge < -0.3 is 0 Å². The van der Waals surface area contributed by atoms with Crippen LogP contribution in [-0.2, 0) is 13.0 Å². The Kier molecular flexibility index (Phi) is 16.3. The van der Waals surface area contributed by atoms with Crippen LogP contribution in [0.15, 0.2) is 13.2 Å². The van der Waals surface area contributed by atoms with Crippen molar-refractivity contribution in [2.75, 3.05) is 0 Å². The van der Waals surface area contributed by atoms with Crippen LogP contribution < -0.4 is 0 Å². The van der Waals surface area contributed by atoms with Gasteiger partial charge in [0, 0.05) is 0 Å². The summed E-state index contributed by atoms with van der Waals surface area (Å²) in [6.07, 6.45) is 0. The molecule has 0 nitrogen and oxygen atoms in total.